The third kappa shape index (κ3) is 4.07. The van der Waals surface area contributed by atoms with Gasteiger partial charge >= 0.3 is 5.97 Å². The van der Waals surface area contributed by atoms with Gasteiger partial charge in [-0.15, -0.1) is 22.7 Å². The molecule has 11 heteroatoms. The van der Waals surface area contributed by atoms with Crippen LogP contribution in [0.1, 0.15) is 33.6 Å². The van der Waals surface area contributed by atoms with Crippen molar-refractivity contribution >= 4 is 40.3 Å². The summed E-state index contributed by atoms with van der Waals surface area (Å²) in [6, 6.07) is 8.74. The number of thiophene rings is 1. The average molecular weight is 466 g/mol. The molecule has 0 spiro atoms. The molecular weight excluding hydrogens is 450 g/mol. The molecule has 1 amide bonds. The average Bonchev–Trinajstić information content (AvgIpc) is 3.63. The van der Waals surface area contributed by atoms with Gasteiger partial charge in [0.2, 0.25) is 0 Å². The van der Waals surface area contributed by atoms with Crippen LogP contribution in [0.25, 0.3) is 10.8 Å². The van der Waals surface area contributed by atoms with E-state index >= 15 is 0 Å². The maximum atomic E-state index is 12.9. The second kappa shape index (κ2) is 8.81. The number of hydrogen-bond donors (Lipinski definition) is 0. The van der Waals surface area contributed by atoms with Crippen molar-refractivity contribution in [2.45, 2.75) is 12.5 Å². The van der Waals surface area contributed by atoms with Gasteiger partial charge in [-0.25, -0.2) is 24.8 Å². The Kier molecular flexibility index (Phi) is 5.57. The molecule has 0 aliphatic carbocycles. The lowest BCUT2D eigenvalue weighted by Gasteiger charge is -2.19. The molecule has 1 atom stereocenters. The third-order valence-electron chi connectivity index (χ3n) is 4.64. The van der Waals surface area contributed by atoms with E-state index in [4.69, 9.17) is 9.15 Å². The van der Waals surface area contributed by atoms with Gasteiger partial charge in [0.25, 0.3) is 5.91 Å². The SMILES string of the molecule is O=C(OCC(=O)N1N=C(c2cccs2)CC1c1ccco1)c1csc(-c2ncccn2)n1. The fraction of sp³-hybridized carbons (Fsp3) is 0.143. The molecule has 4 aromatic heterocycles. The number of ether oxygens (including phenoxy) is 1. The summed E-state index contributed by atoms with van der Waals surface area (Å²) in [7, 11) is 0. The van der Waals surface area contributed by atoms with Crippen LogP contribution in [0, 0.1) is 0 Å². The number of amides is 1. The zero-order valence-electron chi connectivity index (χ0n) is 16.5. The van der Waals surface area contributed by atoms with Gasteiger partial charge in [-0.3, -0.25) is 4.79 Å². The highest BCUT2D eigenvalue weighted by Gasteiger charge is 2.35. The lowest BCUT2D eigenvalue weighted by Crippen LogP contribution is -2.31. The minimum absolute atomic E-state index is 0.0945. The van der Waals surface area contributed by atoms with Gasteiger partial charge in [-0.05, 0) is 29.6 Å². The highest BCUT2D eigenvalue weighted by atomic mass is 32.1. The van der Waals surface area contributed by atoms with Gasteiger partial charge in [0.1, 0.15) is 11.8 Å². The first-order valence-electron chi connectivity index (χ1n) is 9.56. The molecule has 0 N–H and O–H groups in total. The summed E-state index contributed by atoms with van der Waals surface area (Å²) in [6.45, 7) is -0.466. The van der Waals surface area contributed by atoms with Crippen LogP contribution in [0.3, 0.4) is 0 Å². The summed E-state index contributed by atoms with van der Waals surface area (Å²) >= 11 is 2.77. The number of hydrazone groups is 1. The lowest BCUT2D eigenvalue weighted by molar-refractivity contribution is -0.136. The molecule has 5 rings (SSSR count). The molecule has 32 heavy (non-hydrogen) atoms. The maximum Gasteiger partial charge on any atom is 0.358 e. The molecule has 0 radical (unpaired) electrons. The first-order valence-corrected chi connectivity index (χ1v) is 11.3. The number of hydrogen-bond acceptors (Lipinski definition) is 10. The predicted molar refractivity (Wildman–Crippen MR) is 117 cm³/mol. The number of carbonyl (C=O) groups excluding carboxylic acids is 2. The van der Waals surface area contributed by atoms with E-state index in [-0.39, 0.29) is 5.69 Å². The first-order chi connectivity index (χ1) is 15.7. The molecule has 1 aliphatic rings. The van der Waals surface area contributed by atoms with Gasteiger partial charge in [-0.2, -0.15) is 5.10 Å². The number of rotatable bonds is 6. The maximum absolute atomic E-state index is 12.9. The Morgan fingerprint density at radius 2 is 2.03 bits per heavy atom. The Hall–Kier alpha value is -3.70. The van der Waals surface area contributed by atoms with Gasteiger partial charge in [0, 0.05) is 24.2 Å². The summed E-state index contributed by atoms with van der Waals surface area (Å²) in [5.74, 6) is -0.116. The van der Waals surface area contributed by atoms with Gasteiger partial charge in [-0.1, -0.05) is 6.07 Å². The van der Waals surface area contributed by atoms with Crippen LogP contribution < -0.4 is 0 Å². The van der Waals surface area contributed by atoms with Crippen molar-refractivity contribution in [3.05, 3.63) is 76.1 Å². The standard InChI is InChI=1S/C21H15N5O4S2/c27-18(11-30-21(28)14-12-32-20(24-14)19-22-6-3-7-23-19)26-15(16-4-1-8-29-16)10-13(25-26)17-5-2-9-31-17/h1-9,12,15H,10-11H2. The van der Waals surface area contributed by atoms with Crippen molar-refractivity contribution in [3.63, 3.8) is 0 Å². The summed E-state index contributed by atoms with van der Waals surface area (Å²) < 4.78 is 10.7. The summed E-state index contributed by atoms with van der Waals surface area (Å²) in [4.78, 5) is 38.7. The van der Waals surface area contributed by atoms with E-state index in [2.05, 4.69) is 20.1 Å². The summed E-state index contributed by atoms with van der Waals surface area (Å²) in [6.07, 6.45) is 5.26. The van der Waals surface area contributed by atoms with Crippen LogP contribution in [0.2, 0.25) is 0 Å². The monoisotopic (exact) mass is 465 g/mol. The van der Waals surface area contributed by atoms with E-state index in [0.29, 0.717) is 23.0 Å². The molecule has 0 saturated heterocycles. The number of thiazole rings is 1. The zero-order valence-corrected chi connectivity index (χ0v) is 18.1. The largest absolute Gasteiger partial charge is 0.467 e. The molecule has 0 bridgehead atoms. The topological polar surface area (TPSA) is 111 Å². The molecular formula is C21H15N5O4S2. The minimum Gasteiger partial charge on any atom is -0.467 e. The van der Waals surface area contributed by atoms with Gasteiger partial charge < -0.3 is 9.15 Å². The van der Waals surface area contributed by atoms with Crippen LogP contribution in [0.5, 0.6) is 0 Å². The van der Waals surface area contributed by atoms with Crippen molar-refractivity contribution < 1.29 is 18.7 Å². The van der Waals surface area contributed by atoms with E-state index in [0.717, 1.165) is 10.6 Å². The third-order valence-corrected chi connectivity index (χ3v) is 6.40. The quantitative estimate of drug-likeness (QED) is 0.398. The van der Waals surface area contributed by atoms with E-state index < -0.39 is 24.5 Å². The summed E-state index contributed by atoms with van der Waals surface area (Å²) in [5, 5.41) is 9.81. The highest BCUT2D eigenvalue weighted by Crippen LogP contribution is 2.34. The Labute approximate surface area is 190 Å². The predicted octanol–water partition coefficient (Wildman–Crippen LogP) is 3.79. The Morgan fingerprint density at radius 3 is 2.78 bits per heavy atom. The molecule has 9 nitrogen and oxygen atoms in total. The minimum atomic E-state index is -0.701. The molecule has 1 unspecified atom stereocenters. The molecule has 0 saturated carbocycles. The highest BCUT2D eigenvalue weighted by molar-refractivity contribution is 7.13. The zero-order chi connectivity index (χ0) is 21.9. The smallest absolute Gasteiger partial charge is 0.358 e. The van der Waals surface area contributed by atoms with E-state index in [9.17, 15) is 9.59 Å². The van der Waals surface area contributed by atoms with Crippen molar-refractivity contribution in [3.8, 4) is 10.8 Å². The molecule has 4 aromatic rings. The second-order valence-electron chi connectivity index (χ2n) is 6.68. The van der Waals surface area contributed by atoms with Crippen molar-refractivity contribution in [2.24, 2.45) is 5.10 Å². The fourth-order valence-corrected chi connectivity index (χ4v) is 4.64. The van der Waals surface area contributed by atoms with Gasteiger partial charge in [0.05, 0.1) is 16.9 Å². The first kappa shape index (κ1) is 20.2. The number of aromatic nitrogens is 3. The fourth-order valence-electron chi connectivity index (χ4n) is 3.18. The Morgan fingerprint density at radius 1 is 1.16 bits per heavy atom. The van der Waals surface area contributed by atoms with Crippen LogP contribution in [0.15, 0.2) is 69.3 Å². The van der Waals surface area contributed by atoms with E-state index in [1.165, 1.54) is 16.3 Å². The van der Waals surface area contributed by atoms with Crippen molar-refractivity contribution in [2.75, 3.05) is 6.61 Å². The number of furan rings is 1. The van der Waals surface area contributed by atoms with Crippen molar-refractivity contribution in [1.82, 2.24) is 20.0 Å². The van der Waals surface area contributed by atoms with Crippen molar-refractivity contribution in [1.29, 1.82) is 0 Å². The summed E-state index contributed by atoms with van der Waals surface area (Å²) in [5.41, 5.74) is 0.880. The number of nitrogens with zero attached hydrogens (tertiary/aromatic N) is 5. The van der Waals surface area contributed by atoms with E-state index in [1.54, 1.807) is 53.6 Å². The Balaban J connectivity index is 1.28. The lowest BCUT2D eigenvalue weighted by atomic mass is 10.1. The number of carbonyl (C=O) groups is 2. The van der Waals surface area contributed by atoms with Crippen LogP contribution in [-0.2, 0) is 9.53 Å². The normalized spacial score (nSPS) is 15.6. The van der Waals surface area contributed by atoms with Gasteiger partial charge in [0.15, 0.2) is 23.1 Å². The molecule has 0 fully saturated rings. The Bertz CT molecular complexity index is 1250. The van der Waals surface area contributed by atoms with E-state index in [1.807, 2.05) is 17.5 Å². The second-order valence-corrected chi connectivity index (χ2v) is 8.49. The van der Waals surface area contributed by atoms with Crippen LogP contribution >= 0.6 is 22.7 Å². The molecule has 5 heterocycles. The number of esters is 1. The van der Waals surface area contributed by atoms with Crippen LogP contribution in [0.4, 0.5) is 0 Å². The molecule has 160 valence electrons. The molecule has 0 aromatic carbocycles. The van der Waals surface area contributed by atoms with Crippen LogP contribution in [-0.4, -0.2) is 44.2 Å². The molecule has 1 aliphatic heterocycles.